The van der Waals surface area contributed by atoms with Gasteiger partial charge in [0.1, 0.15) is 12.4 Å². The molecule has 0 aliphatic heterocycles. The zero-order valence-corrected chi connectivity index (χ0v) is 18.2. The first kappa shape index (κ1) is 26.0. The van der Waals surface area contributed by atoms with Crippen LogP contribution in [0.3, 0.4) is 0 Å². The number of amides is 2. The van der Waals surface area contributed by atoms with Crippen LogP contribution >= 0.6 is 0 Å². The average molecular weight is 518 g/mol. The van der Waals surface area contributed by atoms with Crippen molar-refractivity contribution in [2.24, 2.45) is 0 Å². The van der Waals surface area contributed by atoms with Crippen molar-refractivity contribution in [2.75, 3.05) is 17.2 Å². The summed E-state index contributed by atoms with van der Waals surface area (Å²) < 4.78 is 103. The number of urea groups is 1. The Bertz CT molecular complexity index is 1310. The highest BCUT2D eigenvalue weighted by atomic mass is 32.2. The maximum atomic E-state index is 13.2. The summed E-state index contributed by atoms with van der Waals surface area (Å²) in [7, 11) is -4.64. The molecule has 3 rings (SSSR count). The van der Waals surface area contributed by atoms with Gasteiger partial charge in [0.15, 0.2) is 0 Å². The van der Waals surface area contributed by atoms with Gasteiger partial charge in [-0.25, -0.2) is 22.9 Å². The summed E-state index contributed by atoms with van der Waals surface area (Å²) in [5.41, 5.74) is -0.657. The Morgan fingerprint density at radius 3 is 2.20 bits per heavy atom. The minimum absolute atomic E-state index is 0.187. The molecule has 0 aliphatic carbocycles. The van der Waals surface area contributed by atoms with Gasteiger partial charge in [-0.05, 0) is 29.8 Å². The Labute approximate surface area is 195 Å². The van der Waals surface area contributed by atoms with Crippen LogP contribution in [0.15, 0.2) is 71.8 Å². The predicted molar refractivity (Wildman–Crippen MR) is 115 cm³/mol. The molecule has 2 amide bonds. The van der Waals surface area contributed by atoms with Gasteiger partial charge in [0.2, 0.25) is 10.0 Å². The molecule has 0 spiro atoms. The Balaban J connectivity index is 1.96. The first-order chi connectivity index (χ1) is 16.3. The second kappa shape index (κ2) is 9.92. The van der Waals surface area contributed by atoms with Gasteiger partial charge in [-0.15, -0.1) is 0 Å². The molecule has 3 aromatic rings. The summed E-state index contributed by atoms with van der Waals surface area (Å²) in [5, 5.41) is 4.20. The lowest BCUT2D eigenvalue weighted by molar-refractivity contribution is -0.137. The van der Waals surface area contributed by atoms with Crippen molar-refractivity contribution in [3.8, 4) is 11.1 Å². The fourth-order valence-corrected chi connectivity index (χ4v) is 3.96. The fourth-order valence-electron chi connectivity index (χ4n) is 2.92. The maximum absolute atomic E-state index is 13.2. The third-order valence-corrected chi connectivity index (χ3v) is 5.84. The molecule has 1 heterocycles. The van der Waals surface area contributed by atoms with Crippen LogP contribution in [0.1, 0.15) is 5.56 Å². The molecule has 14 heteroatoms. The zero-order valence-electron chi connectivity index (χ0n) is 17.4. The van der Waals surface area contributed by atoms with Gasteiger partial charge in [0.05, 0.1) is 16.1 Å². The van der Waals surface area contributed by atoms with Gasteiger partial charge in [-0.2, -0.15) is 26.3 Å². The minimum atomic E-state index is -4.82. The first-order valence-corrected chi connectivity index (χ1v) is 11.1. The fraction of sp³-hybridized carbons (Fsp3) is 0.143. The van der Waals surface area contributed by atoms with Crippen molar-refractivity contribution >= 4 is 27.6 Å². The van der Waals surface area contributed by atoms with Crippen LogP contribution in [-0.2, 0) is 16.2 Å². The number of nitrogens with one attached hydrogen (secondary N) is 3. The molecule has 0 saturated heterocycles. The highest BCUT2D eigenvalue weighted by molar-refractivity contribution is 7.89. The smallest absolute Gasteiger partial charge is 0.307 e. The molecule has 0 fully saturated rings. The normalized spacial score (nSPS) is 12.3. The summed E-state index contributed by atoms with van der Waals surface area (Å²) in [6, 6.07) is 11.9. The van der Waals surface area contributed by atoms with E-state index in [0.717, 1.165) is 24.4 Å². The number of rotatable bonds is 6. The highest BCUT2D eigenvalue weighted by Crippen LogP contribution is 2.34. The lowest BCUT2D eigenvalue weighted by Crippen LogP contribution is -2.33. The number of hydrogen-bond acceptors (Lipinski definition) is 4. The summed E-state index contributed by atoms with van der Waals surface area (Å²) in [6.07, 6.45) is -8.60. The van der Waals surface area contributed by atoms with Gasteiger partial charge in [-0.1, -0.05) is 36.4 Å². The number of benzene rings is 2. The molecule has 2 aromatic carbocycles. The van der Waals surface area contributed by atoms with Crippen LogP contribution in [0.5, 0.6) is 0 Å². The Morgan fingerprint density at radius 2 is 1.57 bits per heavy atom. The third-order valence-electron chi connectivity index (χ3n) is 4.44. The van der Waals surface area contributed by atoms with E-state index >= 15 is 0 Å². The van der Waals surface area contributed by atoms with Crippen molar-refractivity contribution in [1.82, 2.24) is 9.71 Å². The number of alkyl halides is 6. The Morgan fingerprint density at radius 1 is 0.886 bits per heavy atom. The number of anilines is 2. The van der Waals surface area contributed by atoms with Gasteiger partial charge >= 0.3 is 18.4 Å². The largest absolute Gasteiger partial charge is 0.419 e. The van der Waals surface area contributed by atoms with Crippen molar-refractivity contribution in [2.45, 2.75) is 17.2 Å². The van der Waals surface area contributed by atoms with Crippen LogP contribution in [0.2, 0.25) is 0 Å². The molecule has 0 saturated carbocycles. The molecule has 1 aromatic heterocycles. The maximum Gasteiger partial charge on any atom is 0.419 e. The van der Waals surface area contributed by atoms with E-state index < -0.39 is 51.2 Å². The van der Waals surface area contributed by atoms with Gasteiger partial charge < -0.3 is 5.32 Å². The predicted octanol–water partition coefficient (Wildman–Crippen LogP) is 5.25. The van der Waals surface area contributed by atoms with Crippen molar-refractivity contribution in [3.63, 3.8) is 0 Å². The highest BCUT2D eigenvalue weighted by Gasteiger charge is 2.34. The molecular weight excluding hydrogens is 502 g/mol. The van der Waals surface area contributed by atoms with E-state index in [0.29, 0.717) is 11.6 Å². The van der Waals surface area contributed by atoms with E-state index in [-0.39, 0.29) is 11.3 Å². The second-order valence-electron chi connectivity index (χ2n) is 6.99. The van der Waals surface area contributed by atoms with Crippen LogP contribution in [0.25, 0.3) is 11.1 Å². The van der Waals surface area contributed by atoms with Crippen LogP contribution in [0, 0.1) is 0 Å². The van der Waals surface area contributed by atoms with Crippen LogP contribution in [0.4, 0.5) is 42.6 Å². The number of halogens is 6. The first-order valence-electron chi connectivity index (χ1n) is 9.62. The van der Waals surface area contributed by atoms with E-state index in [2.05, 4.69) is 10.3 Å². The molecule has 0 atom stereocenters. The molecule has 186 valence electrons. The van der Waals surface area contributed by atoms with E-state index in [9.17, 15) is 39.6 Å². The molecule has 0 radical (unpaired) electrons. The van der Waals surface area contributed by atoms with Crippen LogP contribution in [-0.4, -0.2) is 32.2 Å². The number of carbonyl (C=O) groups is 1. The standard InChI is InChI=1S/C21H16F6N4O3S/c22-20(23,24)12-29-35(33,34)14-8-9-15(13-5-2-1-3-6-13)17(11-14)30-19(32)31-18-16(21(25,26)27)7-4-10-28-18/h1-11,29H,12H2,(H2,28,30,31,32). The quantitative estimate of drug-likeness (QED) is 0.388. The number of sulfonamides is 1. The zero-order chi connectivity index (χ0) is 25.9. The molecule has 0 aliphatic rings. The van der Waals surface area contributed by atoms with Crippen molar-refractivity contribution in [1.29, 1.82) is 0 Å². The molecular formula is C21H16F6N4O3S. The van der Waals surface area contributed by atoms with E-state index in [1.807, 2.05) is 5.32 Å². The van der Waals surface area contributed by atoms with E-state index in [1.165, 1.54) is 10.8 Å². The van der Waals surface area contributed by atoms with Gasteiger partial charge in [-0.3, -0.25) is 5.32 Å². The number of pyridine rings is 1. The summed E-state index contributed by atoms with van der Waals surface area (Å²) >= 11 is 0. The molecule has 3 N–H and O–H groups in total. The van der Waals surface area contributed by atoms with E-state index in [1.54, 1.807) is 30.3 Å². The summed E-state index contributed by atoms with van der Waals surface area (Å²) in [5.74, 6) is -0.797. The van der Waals surface area contributed by atoms with Gasteiger partial charge in [0, 0.05) is 11.8 Å². The lowest BCUT2D eigenvalue weighted by Gasteiger charge is -2.16. The number of nitrogens with zero attached hydrogens (tertiary/aromatic N) is 1. The van der Waals surface area contributed by atoms with Crippen molar-refractivity contribution in [3.05, 3.63) is 72.4 Å². The Hall–Kier alpha value is -3.65. The SMILES string of the molecule is O=C(Nc1cc(S(=O)(=O)NCC(F)(F)F)ccc1-c1ccccc1)Nc1ncccc1C(F)(F)F. The molecule has 0 bridgehead atoms. The molecule has 35 heavy (non-hydrogen) atoms. The topological polar surface area (TPSA) is 100 Å². The average Bonchev–Trinajstić information content (AvgIpc) is 2.77. The third kappa shape index (κ3) is 6.93. The minimum Gasteiger partial charge on any atom is -0.307 e. The number of carbonyl (C=O) groups excluding carboxylic acids is 1. The Kier molecular flexibility index (Phi) is 7.36. The van der Waals surface area contributed by atoms with Gasteiger partial charge in [0.25, 0.3) is 0 Å². The molecule has 0 unspecified atom stereocenters. The lowest BCUT2D eigenvalue weighted by atomic mass is 10.0. The van der Waals surface area contributed by atoms with E-state index in [4.69, 9.17) is 0 Å². The summed E-state index contributed by atoms with van der Waals surface area (Å²) in [6.45, 7) is -1.82. The number of hydrogen-bond donors (Lipinski definition) is 3. The summed E-state index contributed by atoms with van der Waals surface area (Å²) in [4.78, 5) is 15.4. The molecule has 7 nitrogen and oxygen atoms in total. The van der Waals surface area contributed by atoms with Crippen molar-refractivity contribution < 1.29 is 39.6 Å². The monoisotopic (exact) mass is 518 g/mol. The second-order valence-corrected chi connectivity index (χ2v) is 8.76. The number of aromatic nitrogens is 1. The van der Waals surface area contributed by atoms with Crippen LogP contribution < -0.4 is 15.4 Å².